The highest BCUT2D eigenvalue weighted by atomic mass is 19.4. The molecule has 1 aromatic heterocycles. The van der Waals surface area contributed by atoms with E-state index in [1.54, 1.807) is 39.9 Å². The first-order valence-electron chi connectivity index (χ1n) is 14.9. The summed E-state index contributed by atoms with van der Waals surface area (Å²) in [6.07, 6.45) is -1.68. The van der Waals surface area contributed by atoms with Gasteiger partial charge < -0.3 is 20.6 Å². The van der Waals surface area contributed by atoms with Gasteiger partial charge in [-0.1, -0.05) is 54.6 Å². The number of amides is 2. The average molecular weight is 620 g/mol. The van der Waals surface area contributed by atoms with Crippen molar-refractivity contribution in [1.82, 2.24) is 25.3 Å². The van der Waals surface area contributed by atoms with Crippen molar-refractivity contribution < 1.29 is 27.9 Å². The Morgan fingerprint density at radius 3 is 2.44 bits per heavy atom. The molecule has 236 valence electrons. The molecule has 1 aliphatic heterocycles. The standard InChI is InChI=1S/C34H36F3N5O3/c1-41-17-15-28(40-41)30-14-7-16-42(30)33(45)26-12-6-11-25(20-26)32(44)39-29(19-23-8-3-2-4-9-23)31(43)22-38-21-24-10-5-13-27(18-24)34(35,36)37/h2-6,8-13,15,17-18,20,29-31,38,43H,7,14,16,19,21-22H2,1H3,(H,39,44). The van der Waals surface area contributed by atoms with E-state index in [-0.39, 0.29) is 30.6 Å². The van der Waals surface area contributed by atoms with Crippen LogP contribution in [0.2, 0.25) is 0 Å². The topological polar surface area (TPSA) is 99.5 Å². The van der Waals surface area contributed by atoms with Gasteiger partial charge in [0.25, 0.3) is 11.8 Å². The quantitative estimate of drug-likeness (QED) is 0.222. The number of halogens is 3. The van der Waals surface area contributed by atoms with E-state index >= 15 is 0 Å². The van der Waals surface area contributed by atoms with Gasteiger partial charge in [0.05, 0.1) is 29.4 Å². The van der Waals surface area contributed by atoms with Crippen molar-refractivity contribution in [2.45, 2.75) is 50.2 Å². The third-order valence-electron chi connectivity index (χ3n) is 7.98. The second-order valence-electron chi connectivity index (χ2n) is 11.3. The second-order valence-corrected chi connectivity index (χ2v) is 11.3. The lowest BCUT2D eigenvalue weighted by Crippen LogP contribution is -2.48. The molecule has 4 aromatic rings. The zero-order valence-electron chi connectivity index (χ0n) is 24.9. The Bertz CT molecular complexity index is 1610. The molecular weight excluding hydrogens is 583 g/mol. The van der Waals surface area contributed by atoms with Crippen molar-refractivity contribution >= 4 is 11.8 Å². The van der Waals surface area contributed by atoms with E-state index in [1.807, 2.05) is 49.6 Å². The summed E-state index contributed by atoms with van der Waals surface area (Å²) in [5.74, 6) is -0.636. The summed E-state index contributed by atoms with van der Waals surface area (Å²) in [5, 5.41) is 21.5. The number of carbonyl (C=O) groups excluding carboxylic acids is 2. The normalized spacial score (nSPS) is 16.4. The number of aryl methyl sites for hydroxylation is 1. The van der Waals surface area contributed by atoms with Crippen LogP contribution in [0.5, 0.6) is 0 Å². The van der Waals surface area contributed by atoms with Gasteiger partial charge in [0.1, 0.15) is 0 Å². The monoisotopic (exact) mass is 619 g/mol. The Kier molecular flexibility index (Phi) is 9.99. The first kappa shape index (κ1) is 31.9. The highest BCUT2D eigenvalue weighted by Gasteiger charge is 2.33. The first-order chi connectivity index (χ1) is 21.6. The van der Waals surface area contributed by atoms with Gasteiger partial charge in [-0.15, -0.1) is 0 Å². The Morgan fingerprint density at radius 1 is 0.978 bits per heavy atom. The maximum atomic E-state index is 13.5. The molecule has 0 bridgehead atoms. The van der Waals surface area contributed by atoms with Crippen LogP contribution < -0.4 is 10.6 Å². The molecule has 1 saturated heterocycles. The number of hydrogen-bond acceptors (Lipinski definition) is 5. The lowest BCUT2D eigenvalue weighted by atomic mass is 10.00. The Morgan fingerprint density at radius 2 is 1.71 bits per heavy atom. The van der Waals surface area contributed by atoms with Crippen LogP contribution in [0.25, 0.3) is 0 Å². The maximum absolute atomic E-state index is 13.5. The van der Waals surface area contributed by atoms with Crippen molar-refractivity contribution in [3.05, 3.63) is 125 Å². The number of aromatic nitrogens is 2. The summed E-state index contributed by atoms with van der Waals surface area (Å²) in [6, 6.07) is 21.9. The Hall–Kier alpha value is -4.48. The number of alkyl halides is 3. The molecule has 2 heterocycles. The van der Waals surface area contributed by atoms with Crippen molar-refractivity contribution in [2.24, 2.45) is 7.05 Å². The molecule has 5 rings (SSSR count). The molecule has 8 nitrogen and oxygen atoms in total. The molecule has 3 atom stereocenters. The van der Waals surface area contributed by atoms with E-state index < -0.39 is 29.8 Å². The van der Waals surface area contributed by atoms with Crippen LogP contribution in [-0.4, -0.2) is 56.8 Å². The lowest BCUT2D eigenvalue weighted by Gasteiger charge is -2.25. The van der Waals surface area contributed by atoms with Crippen LogP contribution in [0.3, 0.4) is 0 Å². The summed E-state index contributed by atoms with van der Waals surface area (Å²) in [6.45, 7) is 0.721. The van der Waals surface area contributed by atoms with Crippen LogP contribution in [0.15, 0.2) is 91.1 Å². The molecule has 0 radical (unpaired) electrons. The zero-order valence-corrected chi connectivity index (χ0v) is 24.9. The van der Waals surface area contributed by atoms with E-state index in [0.29, 0.717) is 24.1 Å². The minimum Gasteiger partial charge on any atom is -0.390 e. The van der Waals surface area contributed by atoms with E-state index in [0.717, 1.165) is 36.2 Å². The number of nitrogens with zero attached hydrogens (tertiary/aromatic N) is 3. The van der Waals surface area contributed by atoms with Crippen LogP contribution >= 0.6 is 0 Å². The Labute approximate surface area is 259 Å². The molecule has 0 saturated carbocycles. The van der Waals surface area contributed by atoms with Crippen molar-refractivity contribution in [2.75, 3.05) is 13.1 Å². The minimum absolute atomic E-state index is 0.0242. The van der Waals surface area contributed by atoms with Crippen LogP contribution in [0, 0.1) is 0 Å². The molecular formula is C34H36F3N5O3. The molecule has 45 heavy (non-hydrogen) atoms. The summed E-state index contributed by atoms with van der Waals surface area (Å²) in [4.78, 5) is 28.8. The maximum Gasteiger partial charge on any atom is 0.416 e. The molecule has 2 amide bonds. The average Bonchev–Trinajstić information content (AvgIpc) is 3.70. The largest absolute Gasteiger partial charge is 0.416 e. The summed E-state index contributed by atoms with van der Waals surface area (Å²) in [5.41, 5.74) is 2.06. The number of likely N-dealkylation sites (tertiary alicyclic amines) is 1. The van der Waals surface area contributed by atoms with Crippen LogP contribution in [0.1, 0.15) is 62.0 Å². The smallest absolute Gasteiger partial charge is 0.390 e. The summed E-state index contributed by atoms with van der Waals surface area (Å²) >= 11 is 0. The molecule has 3 N–H and O–H groups in total. The highest BCUT2D eigenvalue weighted by molar-refractivity contribution is 6.00. The molecule has 3 aromatic carbocycles. The molecule has 1 aliphatic rings. The van der Waals surface area contributed by atoms with E-state index in [1.165, 1.54) is 6.07 Å². The predicted octanol–water partition coefficient (Wildman–Crippen LogP) is 4.91. The van der Waals surface area contributed by atoms with E-state index in [2.05, 4.69) is 15.7 Å². The molecule has 1 fully saturated rings. The predicted molar refractivity (Wildman–Crippen MR) is 163 cm³/mol. The van der Waals surface area contributed by atoms with E-state index in [4.69, 9.17) is 0 Å². The molecule has 3 unspecified atom stereocenters. The number of nitrogens with one attached hydrogen (secondary N) is 2. The van der Waals surface area contributed by atoms with Crippen molar-refractivity contribution in [3.63, 3.8) is 0 Å². The molecule has 11 heteroatoms. The van der Waals surface area contributed by atoms with Gasteiger partial charge in [0, 0.05) is 44.0 Å². The van der Waals surface area contributed by atoms with E-state index in [9.17, 15) is 27.9 Å². The van der Waals surface area contributed by atoms with Gasteiger partial charge in [-0.25, -0.2) is 0 Å². The number of rotatable bonds is 11. The number of hydrogen-bond donors (Lipinski definition) is 3. The van der Waals surface area contributed by atoms with Gasteiger partial charge in [-0.05, 0) is 60.7 Å². The number of carbonyl (C=O) groups is 2. The minimum atomic E-state index is -4.45. The number of aliphatic hydroxyl groups excluding tert-OH is 1. The first-order valence-corrected chi connectivity index (χ1v) is 14.9. The Balaban J connectivity index is 1.26. The summed E-state index contributed by atoms with van der Waals surface area (Å²) < 4.78 is 41.0. The fourth-order valence-corrected chi connectivity index (χ4v) is 5.65. The van der Waals surface area contributed by atoms with Gasteiger partial charge in [0.2, 0.25) is 0 Å². The highest BCUT2D eigenvalue weighted by Crippen LogP contribution is 2.32. The van der Waals surface area contributed by atoms with Gasteiger partial charge >= 0.3 is 6.18 Å². The SMILES string of the molecule is Cn1ccc(C2CCCN2C(=O)c2cccc(C(=O)NC(Cc3ccccc3)C(O)CNCc3cccc(C(F)(F)F)c3)c2)n1. The lowest BCUT2D eigenvalue weighted by molar-refractivity contribution is -0.137. The van der Waals surface area contributed by atoms with Crippen molar-refractivity contribution in [1.29, 1.82) is 0 Å². The van der Waals surface area contributed by atoms with Gasteiger partial charge in [-0.2, -0.15) is 18.3 Å². The number of benzene rings is 3. The molecule has 0 spiro atoms. The van der Waals surface area contributed by atoms with Gasteiger partial charge in [0.15, 0.2) is 0 Å². The second kappa shape index (κ2) is 14.1. The fourth-order valence-electron chi connectivity index (χ4n) is 5.65. The zero-order chi connectivity index (χ0) is 32.0. The molecule has 0 aliphatic carbocycles. The van der Waals surface area contributed by atoms with Crippen LogP contribution in [0.4, 0.5) is 13.2 Å². The number of aliphatic hydroxyl groups is 1. The van der Waals surface area contributed by atoms with Gasteiger partial charge in [-0.3, -0.25) is 14.3 Å². The fraction of sp³-hybridized carbons (Fsp3) is 0.324. The van der Waals surface area contributed by atoms with Crippen LogP contribution in [-0.2, 0) is 26.2 Å². The van der Waals surface area contributed by atoms with Crippen molar-refractivity contribution in [3.8, 4) is 0 Å². The third kappa shape index (κ3) is 8.17. The summed E-state index contributed by atoms with van der Waals surface area (Å²) in [7, 11) is 1.83. The third-order valence-corrected chi connectivity index (χ3v) is 7.98.